The van der Waals surface area contributed by atoms with E-state index in [2.05, 4.69) is 10.3 Å². The van der Waals surface area contributed by atoms with Crippen molar-refractivity contribution >= 4 is 34.8 Å². The number of fused-ring (bicyclic) bond motifs is 1. The number of ether oxygens (including phenoxy) is 1. The van der Waals surface area contributed by atoms with E-state index in [4.69, 9.17) is 21.4 Å². The maximum Gasteiger partial charge on any atom is 0.336 e. The van der Waals surface area contributed by atoms with Gasteiger partial charge in [0, 0.05) is 41.3 Å². The molecule has 0 bridgehead atoms. The molecule has 4 rings (SSSR count). The van der Waals surface area contributed by atoms with Crippen LogP contribution in [0.5, 0.6) is 5.75 Å². The molecule has 4 aromatic rings. The van der Waals surface area contributed by atoms with Gasteiger partial charge in [0.2, 0.25) is 0 Å². The molecule has 0 saturated heterocycles. The Balaban J connectivity index is 1.43. The van der Waals surface area contributed by atoms with Gasteiger partial charge in [-0.15, -0.1) is 0 Å². The van der Waals surface area contributed by atoms with E-state index in [-0.39, 0.29) is 12.5 Å². The minimum absolute atomic E-state index is 0.184. The molecule has 0 fully saturated rings. The summed E-state index contributed by atoms with van der Waals surface area (Å²) >= 11 is 5.21. The molecule has 0 aliphatic rings. The van der Waals surface area contributed by atoms with Crippen LogP contribution in [0.1, 0.15) is 0 Å². The summed E-state index contributed by atoms with van der Waals surface area (Å²) in [6.07, 6.45) is 3.55. The van der Waals surface area contributed by atoms with Crippen LogP contribution in [-0.4, -0.2) is 22.1 Å². The Bertz CT molecular complexity index is 1270. The van der Waals surface area contributed by atoms with Crippen LogP contribution in [0.15, 0.2) is 76.2 Å². The predicted molar refractivity (Wildman–Crippen MR) is 108 cm³/mol. The van der Waals surface area contributed by atoms with Gasteiger partial charge >= 0.3 is 5.63 Å². The lowest BCUT2D eigenvalue weighted by Gasteiger charge is -2.09. The number of rotatable bonds is 5. The molecule has 0 atom stereocenters. The number of amides is 1. The average Bonchev–Trinajstić information content (AvgIpc) is 3.12. The zero-order chi connectivity index (χ0) is 19.5. The lowest BCUT2D eigenvalue weighted by molar-refractivity contribution is -0.118. The predicted octanol–water partition coefficient (Wildman–Crippen LogP) is 3.66. The van der Waals surface area contributed by atoms with Crippen LogP contribution in [0.2, 0.25) is 0 Å². The molecule has 2 heterocycles. The summed E-state index contributed by atoms with van der Waals surface area (Å²) in [5.41, 5.74) is 1.42. The second-order valence-corrected chi connectivity index (χ2v) is 6.36. The maximum absolute atomic E-state index is 12.2. The topological polar surface area (TPSA) is 89.3 Å². The molecule has 0 aliphatic heterocycles. The lowest BCUT2D eigenvalue weighted by Crippen LogP contribution is -2.20. The fourth-order valence-corrected chi connectivity index (χ4v) is 2.97. The standard InChI is InChI=1S/C20H15N3O4S/c24-18(12-26-16-6-4-13-5-7-19(25)27-17(13)11-16)22-14-2-1-3-15(10-14)23-9-8-21-20(23)28/h1-11H,12H2,(H,21,28)(H,22,24). The van der Waals surface area contributed by atoms with Crippen molar-refractivity contribution in [3.05, 3.63) is 82.2 Å². The molecule has 0 saturated carbocycles. The molecule has 0 unspecified atom stereocenters. The molecule has 2 aromatic heterocycles. The maximum atomic E-state index is 12.2. The second-order valence-electron chi connectivity index (χ2n) is 5.98. The summed E-state index contributed by atoms with van der Waals surface area (Å²) in [5, 5.41) is 3.56. The molecule has 1 amide bonds. The van der Waals surface area contributed by atoms with E-state index in [1.54, 1.807) is 41.1 Å². The minimum Gasteiger partial charge on any atom is -0.484 e. The van der Waals surface area contributed by atoms with Gasteiger partial charge in [-0.3, -0.25) is 9.36 Å². The molecular weight excluding hydrogens is 378 g/mol. The van der Waals surface area contributed by atoms with Crippen LogP contribution in [0.4, 0.5) is 5.69 Å². The van der Waals surface area contributed by atoms with Gasteiger partial charge in [-0.05, 0) is 48.6 Å². The van der Waals surface area contributed by atoms with Gasteiger partial charge in [0.15, 0.2) is 11.4 Å². The van der Waals surface area contributed by atoms with E-state index >= 15 is 0 Å². The van der Waals surface area contributed by atoms with Gasteiger partial charge in [0.1, 0.15) is 11.3 Å². The van der Waals surface area contributed by atoms with Crippen molar-refractivity contribution in [3.63, 3.8) is 0 Å². The SMILES string of the molecule is O=C(COc1ccc2ccc(=O)oc2c1)Nc1cccc(-n2cc[nH]c2=S)c1. The number of nitrogens with one attached hydrogen (secondary N) is 2. The molecule has 8 heteroatoms. The Morgan fingerprint density at radius 1 is 1.18 bits per heavy atom. The van der Waals surface area contributed by atoms with Crippen molar-refractivity contribution in [2.45, 2.75) is 0 Å². The molecular formula is C20H15N3O4S. The number of H-pyrrole nitrogens is 1. The molecule has 140 valence electrons. The van der Waals surface area contributed by atoms with Crippen LogP contribution >= 0.6 is 12.2 Å². The minimum atomic E-state index is -0.440. The highest BCUT2D eigenvalue weighted by molar-refractivity contribution is 7.71. The van der Waals surface area contributed by atoms with Gasteiger partial charge in [-0.25, -0.2) is 4.79 Å². The van der Waals surface area contributed by atoms with Crippen molar-refractivity contribution in [3.8, 4) is 11.4 Å². The van der Waals surface area contributed by atoms with Crippen LogP contribution < -0.4 is 15.7 Å². The molecule has 2 N–H and O–H groups in total. The fraction of sp³-hybridized carbons (Fsp3) is 0.0500. The fourth-order valence-electron chi connectivity index (χ4n) is 2.73. The average molecular weight is 393 g/mol. The number of benzene rings is 2. The van der Waals surface area contributed by atoms with Crippen LogP contribution in [0.25, 0.3) is 16.7 Å². The van der Waals surface area contributed by atoms with E-state index in [1.165, 1.54) is 6.07 Å². The third kappa shape index (κ3) is 3.86. The number of carbonyl (C=O) groups excluding carboxylic acids is 1. The van der Waals surface area contributed by atoms with Gasteiger partial charge in [0.25, 0.3) is 5.91 Å². The third-order valence-corrected chi connectivity index (χ3v) is 4.34. The lowest BCUT2D eigenvalue weighted by atomic mass is 10.2. The van der Waals surface area contributed by atoms with Crippen LogP contribution in [0.3, 0.4) is 0 Å². The summed E-state index contributed by atoms with van der Waals surface area (Å²) in [4.78, 5) is 26.5. The number of hydrogen-bond donors (Lipinski definition) is 2. The first kappa shape index (κ1) is 17.7. The molecule has 2 aromatic carbocycles. The first-order chi connectivity index (χ1) is 13.6. The quantitative estimate of drug-likeness (QED) is 0.399. The van der Waals surface area contributed by atoms with Gasteiger partial charge in [0.05, 0.1) is 0 Å². The van der Waals surface area contributed by atoms with E-state index < -0.39 is 5.63 Å². The van der Waals surface area contributed by atoms with Crippen molar-refractivity contribution < 1.29 is 13.9 Å². The Morgan fingerprint density at radius 3 is 2.86 bits per heavy atom. The van der Waals surface area contributed by atoms with Crippen molar-refractivity contribution in [1.82, 2.24) is 9.55 Å². The Hall–Kier alpha value is -3.65. The number of carbonyl (C=O) groups is 1. The molecule has 28 heavy (non-hydrogen) atoms. The van der Waals surface area contributed by atoms with Crippen molar-refractivity contribution in [2.75, 3.05) is 11.9 Å². The highest BCUT2D eigenvalue weighted by Gasteiger charge is 2.07. The Kier molecular flexibility index (Phi) is 4.77. The Labute approximate surface area is 164 Å². The van der Waals surface area contributed by atoms with E-state index in [0.29, 0.717) is 21.8 Å². The highest BCUT2D eigenvalue weighted by Crippen LogP contribution is 2.20. The van der Waals surface area contributed by atoms with Gasteiger partial charge in [-0.1, -0.05) is 6.07 Å². The van der Waals surface area contributed by atoms with E-state index in [0.717, 1.165) is 11.1 Å². The number of hydrogen-bond acceptors (Lipinski definition) is 5. The smallest absolute Gasteiger partial charge is 0.336 e. The molecule has 0 spiro atoms. The van der Waals surface area contributed by atoms with Crippen molar-refractivity contribution in [2.24, 2.45) is 0 Å². The number of nitrogens with zero attached hydrogens (tertiary/aromatic N) is 1. The monoisotopic (exact) mass is 393 g/mol. The zero-order valence-electron chi connectivity index (χ0n) is 14.5. The van der Waals surface area contributed by atoms with E-state index in [1.807, 2.05) is 24.4 Å². The number of aromatic amines is 1. The summed E-state index contributed by atoms with van der Waals surface area (Å²) in [6, 6.07) is 15.4. The first-order valence-corrected chi connectivity index (χ1v) is 8.82. The highest BCUT2D eigenvalue weighted by atomic mass is 32.1. The van der Waals surface area contributed by atoms with Crippen LogP contribution in [-0.2, 0) is 4.79 Å². The number of anilines is 1. The summed E-state index contributed by atoms with van der Waals surface area (Å²) in [7, 11) is 0. The summed E-state index contributed by atoms with van der Waals surface area (Å²) in [6.45, 7) is -0.184. The Morgan fingerprint density at radius 2 is 2.04 bits per heavy atom. The largest absolute Gasteiger partial charge is 0.484 e. The van der Waals surface area contributed by atoms with Crippen LogP contribution in [0, 0.1) is 4.77 Å². The van der Waals surface area contributed by atoms with Gasteiger partial charge in [-0.2, -0.15) is 0 Å². The summed E-state index contributed by atoms with van der Waals surface area (Å²) < 4.78 is 13.0. The normalized spacial score (nSPS) is 10.7. The molecule has 0 aliphatic carbocycles. The molecule has 7 nitrogen and oxygen atoms in total. The first-order valence-electron chi connectivity index (χ1n) is 8.41. The zero-order valence-corrected chi connectivity index (χ0v) is 15.4. The summed E-state index contributed by atoms with van der Waals surface area (Å²) in [5.74, 6) is 0.119. The number of imidazole rings is 1. The van der Waals surface area contributed by atoms with Gasteiger partial charge < -0.3 is 19.5 Å². The van der Waals surface area contributed by atoms with E-state index in [9.17, 15) is 9.59 Å². The third-order valence-electron chi connectivity index (χ3n) is 4.02. The number of aromatic nitrogens is 2. The second kappa shape index (κ2) is 7.53. The van der Waals surface area contributed by atoms with Crippen molar-refractivity contribution in [1.29, 1.82) is 0 Å². The molecule has 0 radical (unpaired) electrons.